The van der Waals surface area contributed by atoms with E-state index in [0.29, 0.717) is 30.2 Å². The van der Waals surface area contributed by atoms with Gasteiger partial charge in [0, 0.05) is 18.7 Å². The number of anilines is 1. The van der Waals surface area contributed by atoms with Gasteiger partial charge in [-0.15, -0.1) is 0 Å². The van der Waals surface area contributed by atoms with E-state index < -0.39 is 22.0 Å². The number of rotatable bonds is 9. The van der Waals surface area contributed by atoms with Crippen molar-refractivity contribution in [3.8, 4) is 11.5 Å². The van der Waals surface area contributed by atoms with Crippen molar-refractivity contribution in [2.75, 3.05) is 25.6 Å². The first-order valence-corrected chi connectivity index (χ1v) is 12.8. The van der Waals surface area contributed by atoms with E-state index in [0.717, 1.165) is 37.1 Å². The van der Waals surface area contributed by atoms with Crippen molar-refractivity contribution >= 4 is 21.8 Å². The zero-order chi connectivity index (χ0) is 25.5. The summed E-state index contributed by atoms with van der Waals surface area (Å²) in [5.41, 5.74) is 0.988. The van der Waals surface area contributed by atoms with Crippen LogP contribution in [0.4, 0.5) is 14.9 Å². The van der Waals surface area contributed by atoms with E-state index in [1.807, 2.05) is 0 Å². The fraction of sp³-hybridized carbons (Fsp3) is 0.269. The van der Waals surface area contributed by atoms with E-state index in [4.69, 9.17) is 13.7 Å². The van der Waals surface area contributed by atoms with E-state index in [1.165, 1.54) is 13.2 Å². The highest BCUT2D eigenvalue weighted by Gasteiger charge is 2.25. The lowest BCUT2D eigenvalue weighted by Gasteiger charge is -2.27. The summed E-state index contributed by atoms with van der Waals surface area (Å²) in [6, 6.07) is 17.6. The zero-order valence-electron chi connectivity index (χ0n) is 19.7. The van der Waals surface area contributed by atoms with E-state index in [1.54, 1.807) is 47.4 Å². The molecule has 1 aliphatic heterocycles. The van der Waals surface area contributed by atoms with Gasteiger partial charge in [0.2, 0.25) is 0 Å². The second-order valence-electron chi connectivity index (χ2n) is 8.25. The van der Waals surface area contributed by atoms with Gasteiger partial charge in [-0.1, -0.05) is 30.3 Å². The maximum atomic E-state index is 13.3. The number of hydrogen-bond acceptors (Lipinski definition) is 6. The summed E-state index contributed by atoms with van der Waals surface area (Å²) in [6.45, 7) is 0.998. The number of halogens is 1. The Hall–Kier alpha value is -3.63. The van der Waals surface area contributed by atoms with Crippen LogP contribution in [-0.4, -0.2) is 45.7 Å². The van der Waals surface area contributed by atoms with Gasteiger partial charge in [-0.2, -0.15) is 8.42 Å². The molecule has 0 unspecified atom stereocenters. The number of urea groups is 1. The average molecular weight is 515 g/mol. The summed E-state index contributed by atoms with van der Waals surface area (Å²) >= 11 is 0. The Morgan fingerprint density at radius 2 is 1.75 bits per heavy atom. The van der Waals surface area contributed by atoms with Crippen molar-refractivity contribution in [3.05, 3.63) is 84.2 Å². The van der Waals surface area contributed by atoms with Crippen molar-refractivity contribution in [3.63, 3.8) is 0 Å². The van der Waals surface area contributed by atoms with Crippen LogP contribution in [0.1, 0.15) is 18.4 Å². The van der Waals surface area contributed by atoms with Crippen LogP contribution < -0.4 is 14.2 Å². The molecule has 1 aliphatic rings. The molecule has 1 saturated heterocycles. The zero-order valence-corrected chi connectivity index (χ0v) is 20.5. The van der Waals surface area contributed by atoms with Crippen LogP contribution >= 0.6 is 0 Å². The molecule has 1 N–H and O–H groups in total. The van der Waals surface area contributed by atoms with Crippen molar-refractivity contribution in [2.24, 2.45) is 0 Å². The molecule has 0 bridgehead atoms. The lowest BCUT2D eigenvalue weighted by Crippen LogP contribution is -2.39. The Morgan fingerprint density at radius 3 is 2.44 bits per heavy atom. The van der Waals surface area contributed by atoms with Crippen LogP contribution in [0.2, 0.25) is 0 Å². The Kier molecular flexibility index (Phi) is 8.07. The molecule has 3 aromatic carbocycles. The summed E-state index contributed by atoms with van der Waals surface area (Å²) in [5.74, 6) is 0.0291. The van der Waals surface area contributed by atoms with Crippen molar-refractivity contribution in [1.29, 1.82) is 0 Å². The molecule has 1 heterocycles. The van der Waals surface area contributed by atoms with Gasteiger partial charge in [-0.05, 0) is 55.3 Å². The second-order valence-corrected chi connectivity index (χ2v) is 9.79. The number of amides is 2. The first-order chi connectivity index (χ1) is 17.4. The van der Waals surface area contributed by atoms with E-state index >= 15 is 0 Å². The highest BCUT2D eigenvalue weighted by molar-refractivity contribution is 7.87. The molecular formula is C26H27FN2O6S. The molecule has 8 nitrogen and oxygen atoms in total. The monoisotopic (exact) mass is 514 g/mol. The fourth-order valence-corrected chi connectivity index (χ4v) is 4.85. The number of carbonyl (C=O) groups is 1. The molecule has 190 valence electrons. The summed E-state index contributed by atoms with van der Waals surface area (Å²) < 4.78 is 55.3. The number of nitrogens with zero attached hydrogens (tertiary/aromatic N) is 1. The van der Waals surface area contributed by atoms with Crippen molar-refractivity contribution in [2.45, 2.75) is 30.4 Å². The predicted octanol–water partition coefficient (Wildman–Crippen LogP) is 4.82. The molecule has 0 aromatic heterocycles. The minimum atomic E-state index is -4.22. The standard InChI is InChI=1S/C26H27FN2O6S/c1-33-25-11-5-3-9-23(25)28-26(30)29(18-21-8-6-16-34-21)17-19-7-2-4-10-24(19)35-36(31,32)22-14-12-20(27)13-15-22/h2-5,7,9-15,21H,6,8,16-18H2,1H3,(H,28,30)/t21-/m1/s1. The molecule has 1 fully saturated rings. The van der Waals surface area contributed by atoms with Gasteiger partial charge in [0.25, 0.3) is 0 Å². The molecule has 0 radical (unpaired) electrons. The lowest BCUT2D eigenvalue weighted by molar-refractivity contribution is 0.0818. The molecule has 36 heavy (non-hydrogen) atoms. The van der Waals surface area contributed by atoms with Crippen LogP contribution in [0.15, 0.2) is 77.7 Å². The quantitative estimate of drug-likeness (QED) is 0.412. The van der Waals surface area contributed by atoms with Gasteiger partial charge >= 0.3 is 16.1 Å². The highest BCUT2D eigenvalue weighted by atomic mass is 32.2. The number of carbonyl (C=O) groups excluding carboxylic acids is 1. The Bertz CT molecular complexity index is 1290. The molecule has 1 atom stereocenters. The minimum absolute atomic E-state index is 0.0654. The second kappa shape index (κ2) is 11.4. The summed E-state index contributed by atoms with van der Waals surface area (Å²) in [5, 5.41) is 2.87. The first-order valence-electron chi connectivity index (χ1n) is 11.4. The number of benzene rings is 3. The predicted molar refractivity (Wildman–Crippen MR) is 132 cm³/mol. The maximum absolute atomic E-state index is 13.3. The number of para-hydroxylation sites is 3. The van der Waals surface area contributed by atoms with Gasteiger partial charge in [-0.25, -0.2) is 9.18 Å². The largest absolute Gasteiger partial charge is 0.495 e. The molecular weight excluding hydrogens is 487 g/mol. The number of hydrogen-bond donors (Lipinski definition) is 1. The van der Waals surface area contributed by atoms with E-state index in [9.17, 15) is 17.6 Å². The third kappa shape index (κ3) is 6.32. The van der Waals surface area contributed by atoms with Gasteiger partial charge < -0.3 is 23.9 Å². The number of methoxy groups -OCH3 is 1. The van der Waals surface area contributed by atoms with Crippen molar-refractivity contribution in [1.82, 2.24) is 4.90 Å². The van der Waals surface area contributed by atoms with E-state index in [-0.39, 0.29) is 23.3 Å². The van der Waals surface area contributed by atoms with Gasteiger partial charge in [0.1, 0.15) is 22.2 Å². The number of ether oxygens (including phenoxy) is 2. The average Bonchev–Trinajstić information content (AvgIpc) is 3.38. The minimum Gasteiger partial charge on any atom is -0.495 e. The number of nitrogens with one attached hydrogen (secondary N) is 1. The van der Waals surface area contributed by atoms with Gasteiger partial charge in [0.15, 0.2) is 0 Å². The molecule has 0 spiro atoms. The van der Waals surface area contributed by atoms with Gasteiger partial charge in [0.05, 0.1) is 25.4 Å². The van der Waals surface area contributed by atoms with E-state index in [2.05, 4.69) is 5.32 Å². The Labute approximate surface area is 209 Å². The SMILES string of the molecule is COc1ccccc1NC(=O)N(Cc1ccccc1OS(=O)(=O)c1ccc(F)cc1)C[C@H]1CCCO1. The lowest BCUT2D eigenvalue weighted by atomic mass is 10.1. The topological polar surface area (TPSA) is 94.2 Å². The third-order valence-corrected chi connectivity index (χ3v) is 6.97. The highest BCUT2D eigenvalue weighted by Crippen LogP contribution is 2.27. The van der Waals surface area contributed by atoms with Crippen LogP contribution in [-0.2, 0) is 21.4 Å². The normalized spacial score (nSPS) is 15.3. The van der Waals surface area contributed by atoms with Crippen LogP contribution in [0, 0.1) is 5.82 Å². The Balaban J connectivity index is 1.58. The maximum Gasteiger partial charge on any atom is 0.339 e. The van der Waals surface area contributed by atoms with Crippen LogP contribution in [0.25, 0.3) is 0 Å². The molecule has 0 aliphatic carbocycles. The summed E-state index contributed by atoms with van der Waals surface area (Å²) in [7, 11) is -2.70. The third-order valence-electron chi connectivity index (χ3n) is 5.72. The molecule has 10 heteroatoms. The summed E-state index contributed by atoms with van der Waals surface area (Å²) in [4.78, 5) is 14.7. The smallest absolute Gasteiger partial charge is 0.339 e. The van der Waals surface area contributed by atoms with Crippen LogP contribution in [0.5, 0.6) is 11.5 Å². The Morgan fingerprint density at radius 1 is 1.06 bits per heavy atom. The summed E-state index contributed by atoms with van der Waals surface area (Å²) in [6.07, 6.45) is 1.59. The van der Waals surface area contributed by atoms with Crippen LogP contribution in [0.3, 0.4) is 0 Å². The van der Waals surface area contributed by atoms with Gasteiger partial charge in [-0.3, -0.25) is 0 Å². The molecule has 2 amide bonds. The fourth-order valence-electron chi connectivity index (χ4n) is 3.88. The first kappa shape index (κ1) is 25.5. The molecule has 3 aromatic rings. The van der Waals surface area contributed by atoms with Crippen molar-refractivity contribution < 1.29 is 31.3 Å². The molecule has 4 rings (SSSR count). The molecule has 0 saturated carbocycles.